The fourth-order valence-corrected chi connectivity index (χ4v) is 3.87. The first kappa shape index (κ1) is 26.6. The van der Waals surface area contributed by atoms with E-state index in [0.717, 1.165) is 11.9 Å². The zero-order valence-corrected chi connectivity index (χ0v) is 21.5. The number of hydrogen-bond acceptors (Lipinski definition) is 10. The molecular formula is C23H29N7O5S. The molecule has 12 nitrogen and oxygen atoms in total. The number of aryl methyl sites for hydroxylation is 2. The SMILES string of the molecule is CCONC(=O)c1c(Nc2ccc(OCC)cc2NS(C)(=O)=O)ccnc1Nc1cc(C)nc(C)n1. The summed E-state index contributed by atoms with van der Waals surface area (Å²) in [6.45, 7) is 7.81. The maximum atomic E-state index is 13.1. The van der Waals surface area contributed by atoms with Crippen molar-refractivity contribution in [3.8, 4) is 5.75 Å². The molecule has 13 heteroatoms. The van der Waals surface area contributed by atoms with Crippen molar-refractivity contribution in [3.63, 3.8) is 0 Å². The highest BCUT2D eigenvalue weighted by Gasteiger charge is 2.21. The number of pyridine rings is 1. The Morgan fingerprint density at radius 3 is 2.42 bits per heavy atom. The smallest absolute Gasteiger partial charge is 0.280 e. The van der Waals surface area contributed by atoms with Gasteiger partial charge in [0.1, 0.15) is 28.8 Å². The van der Waals surface area contributed by atoms with Gasteiger partial charge in [0, 0.05) is 24.0 Å². The highest BCUT2D eigenvalue weighted by Crippen LogP contribution is 2.33. The van der Waals surface area contributed by atoms with Gasteiger partial charge in [0.2, 0.25) is 10.0 Å². The molecule has 192 valence electrons. The predicted octanol–water partition coefficient (Wildman–Crippen LogP) is 3.43. The molecule has 3 aromatic rings. The zero-order chi connectivity index (χ0) is 26.3. The van der Waals surface area contributed by atoms with Crippen LogP contribution in [0.25, 0.3) is 0 Å². The summed E-state index contributed by atoms with van der Waals surface area (Å²) < 4.78 is 32.0. The van der Waals surface area contributed by atoms with Crippen molar-refractivity contribution in [3.05, 3.63) is 53.6 Å². The summed E-state index contributed by atoms with van der Waals surface area (Å²) in [5.74, 6) is 1.13. The third-order valence-corrected chi connectivity index (χ3v) is 5.16. The third kappa shape index (κ3) is 7.26. The topological polar surface area (TPSA) is 156 Å². The number of benzene rings is 1. The lowest BCUT2D eigenvalue weighted by molar-refractivity contribution is 0.0366. The van der Waals surface area contributed by atoms with E-state index in [1.165, 1.54) is 6.20 Å². The summed E-state index contributed by atoms with van der Waals surface area (Å²) >= 11 is 0. The van der Waals surface area contributed by atoms with Gasteiger partial charge in [0.15, 0.2) is 0 Å². The van der Waals surface area contributed by atoms with Gasteiger partial charge in [-0.25, -0.2) is 28.8 Å². The molecule has 4 N–H and O–H groups in total. The van der Waals surface area contributed by atoms with E-state index >= 15 is 0 Å². The Hall–Kier alpha value is -3.97. The molecule has 0 unspecified atom stereocenters. The zero-order valence-electron chi connectivity index (χ0n) is 20.7. The van der Waals surface area contributed by atoms with Crippen molar-refractivity contribution in [2.24, 2.45) is 0 Å². The number of ether oxygens (including phenoxy) is 1. The first-order valence-electron chi connectivity index (χ1n) is 11.1. The number of hydrogen-bond donors (Lipinski definition) is 4. The average Bonchev–Trinajstić information content (AvgIpc) is 2.78. The molecule has 2 heterocycles. The van der Waals surface area contributed by atoms with E-state index in [1.54, 1.807) is 44.2 Å². The van der Waals surface area contributed by atoms with Crippen molar-refractivity contribution in [1.82, 2.24) is 20.4 Å². The molecule has 0 bridgehead atoms. The summed E-state index contributed by atoms with van der Waals surface area (Å²) in [6, 6.07) is 8.20. The number of rotatable bonds is 11. The molecule has 0 radical (unpaired) electrons. The number of amides is 1. The van der Waals surface area contributed by atoms with Gasteiger partial charge in [0.05, 0.1) is 36.5 Å². The molecular weight excluding hydrogens is 486 g/mol. The number of carbonyl (C=O) groups excluding carboxylic acids is 1. The minimum Gasteiger partial charge on any atom is -0.494 e. The Morgan fingerprint density at radius 2 is 1.75 bits per heavy atom. The molecule has 0 fully saturated rings. The minimum absolute atomic E-state index is 0.124. The standard InChI is InChI=1S/C23H29N7O5S/c1-6-34-16-8-9-17(19(13-16)30-36(5,32)33)27-18-10-11-24-22(21(18)23(31)29-35-7-2)28-20-12-14(3)25-15(4)26-20/h8-13,30H,6-7H2,1-5H3,(H,29,31)(H2,24,25,26,27,28). The Balaban J connectivity index is 2.07. The van der Waals surface area contributed by atoms with Gasteiger partial charge in [-0.15, -0.1) is 0 Å². The number of nitrogens with one attached hydrogen (secondary N) is 4. The predicted molar refractivity (Wildman–Crippen MR) is 137 cm³/mol. The van der Waals surface area contributed by atoms with Crippen LogP contribution in [0.5, 0.6) is 5.75 Å². The van der Waals surface area contributed by atoms with Crippen LogP contribution in [0, 0.1) is 13.8 Å². The van der Waals surface area contributed by atoms with E-state index in [-0.39, 0.29) is 23.7 Å². The van der Waals surface area contributed by atoms with Crippen LogP contribution in [0.1, 0.15) is 35.7 Å². The quantitative estimate of drug-likeness (QED) is 0.279. The normalized spacial score (nSPS) is 11.0. The molecule has 2 aromatic heterocycles. The van der Waals surface area contributed by atoms with E-state index in [1.807, 2.05) is 13.8 Å². The number of carbonyl (C=O) groups is 1. The molecule has 1 aromatic carbocycles. The van der Waals surface area contributed by atoms with Crippen LogP contribution < -0.4 is 25.6 Å². The maximum Gasteiger partial charge on any atom is 0.280 e. The number of hydroxylamine groups is 1. The number of aromatic nitrogens is 3. The Kier molecular flexibility index (Phi) is 8.61. The summed E-state index contributed by atoms with van der Waals surface area (Å²) in [6.07, 6.45) is 2.55. The van der Waals surface area contributed by atoms with Gasteiger partial charge in [-0.2, -0.15) is 0 Å². The molecule has 0 aliphatic heterocycles. The van der Waals surface area contributed by atoms with Crippen molar-refractivity contribution in [1.29, 1.82) is 0 Å². The van der Waals surface area contributed by atoms with E-state index < -0.39 is 15.9 Å². The molecule has 3 rings (SSSR count). The number of nitrogens with zero attached hydrogens (tertiary/aromatic N) is 3. The van der Waals surface area contributed by atoms with Crippen LogP contribution in [-0.4, -0.2) is 48.7 Å². The van der Waals surface area contributed by atoms with Gasteiger partial charge in [-0.1, -0.05) is 0 Å². The summed E-state index contributed by atoms with van der Waals surface area (Å²) in [5, 5.41) is 6.19. The van der Waals surface area contributed by atoms with Crippen molar-refractivity contribution in [2.75, 3.05) is 34.8 Å². The van der Waals surface area contributed by atoms with E-state index in [4.69, 9.17) is 9.57 Å². The second-order valence-electron chi connectivity index (χ2n) is 7.65. The molecule has 0 aliphatic rings. The fourth-order valence-electron chi connectivity index (χ4n) is 3.30. The first-order valence-corrected chi connectivity index (χ1v) is 13.0. The van der Waals surface area contributed by atoms with Crippen LogP contribution in [-0.2, 0) is 14.9 Å². The Morgan fingerprint density at radius 1 is 0.972 bits per heavy atom. The van der Waals surface area contributed by atoms with Gasteiger partial charge in [-0.3, -0.25) is 14.4 Å². The highest BCUT2D eigenvalue weighted by atomic mass is 32.2. The second-order valence-corrected chi connectivity index (χ2v) is 9.40. The van der Waals surface area contributed by atoms with E-state index in [0.29, 0.717) is 35.4 Å². The van der Waals surface area contributed by atoms with Crippen LogP contribution in [0.3, 0.4) is 0 Å². The molecule has 1 amide bonds. The fraction of sp³-hybridized carbons (Fsp3) is 0.304. The summed E-state index contributed by atoms with van der Waals surface area (Å²) in [7, 11) is -3.60. The van der Waals surface area contributed by atoms with Gasteiger partial charge < -0.3 is 15.4 Å². The van der Waals surface area contributed by atoms with Crippen LogP contribution in [0.4, 0.5) is 28.7 Å². The van der Waals surface area contributed by atoms with E-state index in [2.05, 4.69) is 35.8 Å². The van der Waals surface area contributed by atoms with Crippen molar-refractivity contribution >= 4 is 44.6 Å². The average molecular weight is 516 g/mol. The van der Waals surface area contributed by atoms with Crippen molar-refractivity contribution < 1.29 is 22.8 Å². The molecule has 0 spiro atoms. The van der Waals surface area contributed by atoms with Crippen LogP contribution in [0.15, 0.2) is 36.5 Å². The Labute approximate surface area is 209 Å². The van der Waals surface area contributed by atoms with Crippen LogP contribution in [0.2, 0.25) is 0 Å². The van der Waals surface area contributed by atoms with Gasteiger partial charge in [-0.05, 0) is 45.9 Å². The molecule has 0 atom stereocenters. The Bertz CT molecular complexity index is 1330. The number of sulfonamides is 1. The minimum atomic E-state index is -3.60. The third-order valence-electron chi connectivity index (χ3n) is 4.57. The first-order chi connectivity index (χ1) is 17.1. The van der Waals surface area contributed by atoms with E-state index in [9.17, 15) is 13.2 Å². The lowest BCUT2D eigenvalue weighted by Crippen LogP contribution is -2.26. The lowest BCUT2D eigenvalue weighted by Gasteiger charge is -2.18. The molecule has 0 saturated heterocycles. The highest BCUT2D eigenvalue weighted by molar-refractivity contribution is 7.92. The number of anilines is 5. The monoisotopic (exact) mass is 515 g/mol. The molecule has 0 aliphatic carbocycles. The summed E-state index contributed by atoms with van der Waals surface area (Å²) in [4.78, 5) is 31.1. The maximum absolute atomic E-state index is 13.1. The van der Waals surface area contributed by atoms with Crippen LogP contribution >= 0.6 is 0 Å². The van der Waals surface area contributed by atoms with Gasteiger partial charge in [0.25, 0.3) is 5.91 Å². The van der Waals surface area contributed by atoms with Gasteiger partial charge >= 0.3 is 0 Å². The lowest BCUT2D eigenvalue weighted by atomic mass is 10.1. The molecule has 0 saturated carbocycles. The summed E-state index contributed by atoms with van der Waals surface area (Å²) in [5.41, 5.74) is 4.22. The second kappa shape index (κ2) is 11.6. The van der Waals surface area contributed by atoms with Crippen molar-refractivity contribution in [2.45, 2.75) is 27.7 Å². The molecule has 36 heavy (non-hydrogen) atoms. The largest absolute Gasteiger partial charge is 0.494 e.